The number of rotatable bonds is 7. The molecule has 6 nitrogen and oxygen atoms in total. The van der Waals surface area contributed by atoms with Gasteiger partial charge in [-0.3, -0.25) is 0 Å². The Bertz CT molecular complexity index is 2730. The predicted octanol–water partition coefficient (Wildman–Crippen LogP) is 11.6. The van der Waals surface area contributed by atoms with Gasteiger partial charge in [-0.05, 0) is 40.5 Å². The van der Waals surface area contributed by atoms with Crippen LogP contribution in [0.2, 0.25) is 0 Å². The minimum absolute atomic E-state index is 0.0205. The number of benzene rings is 6. The summed E-state index contributed by atoms with van der Waals surface area (Å²) in [4.78, 5) is 16.7. The normalized spacial score (nSPS) is 13.2. The number of hydrogen-bond acceptors (Lipinski definition) is 6. The number of fused-ring (bicyclic) bond motifs is 3. The second-order valence-corrected chi connectivity index (χ2v) is 17.9. The molecule has 4 heterocycles. The summed E-state index contributed by atoms with van der Waals surface area (Å²) >= 11 is 0.0903. The monoisotopic (exact) mass is 819 g/mol. The van der Waals surface area contributed by atoms with Crippen molar-refractivity contribution in [3.05, 3.63) is 188 Å². The van der Waals surface area contributed by atoms with Gasteiger partial charge in [-0.15, -0.1) is 0 Å². The first-order chi connectivity index (χ1) is 28.4. The van der Waals surface area contributed by atoms with Gasteiger partial charge in [0.15, 0.2) is 0 Å². The zero-order chi connectivity index (χ0) is 39.2. The topological polar surface area (TPSA) is 44.7 Å². The van der Waals surface area contributed by atoms with Crippen LogP contribution in [0.5, 0.6) is 11.5 Å². The van der Waals surface area contributed by atoms with E-state index in [-0.39, 0.29) is 20.4 Å². The molecule has 0 amide bonds. The van der Waals surface area contributed by atoms with Crippen LogP contribution in [0.15, 0.2) is 182 Å². The number of anilines is 7. The van der Waals surface area contributed by atoms with E-state index in [1.807, 2.05) is 24.5 Å². The van der Waals surface area contributed by atoms with E-state index < -0.39 is 0 Å². The first-order valence-electron chi connectivity index (χ1n) is 19.6. The van der Waals surface area contributed by atoms with Gasteiger partial charge < -0.3 is 0 Å². The van der Waals surface area contributed by atoms with Crippen LogP contribution in [0.1, 0.15) is 26.3 Å². The Morgan fingerprint density at radius 2 is 1.17 bits per heavy atom. The Labute approximate surface area is 346 Å². The summed E-state index contributed by atoms with van der Waals surface area (Å²) in [6.45, 7) is 7.34. The quantitative estimate of drug-likeness (QED) is 0.149. The van der Waals surface area contributed by atoms with Gasteiger partial charge in [0.1, 0.15) is 0 Å². The zero-order valence-corrected chi connectivity index (χ0v) is 34.3. The van der Waals surface area contributed by atoms with Crippen molar-refractivity contribution >= 4 is 64.0 Å². The fourth-order valence-electron chi connectivity index (χ4n) is 7.79. The van der Waals surface area contributed by atoms with Crippen molar-refractivity contribution in [3.63, 3.8) is 0 Å². The van der Waals surface area contributed by atoms with E-state index in [2.05, 4.69) is 193 Å². The van der Waals surface area contributed by atoms with Crippen LogP contribution in [-0.2, 0) is 5.41 Å². The molecule has 6 aromatic carbocycles. The van der Waals surface area contributed by atoms with Crippen molar-refractivity contribution in [1.29, 1.82) is 0 Å². The van der Waals surface area contributed by atoms with Crippen LogP contribution in [0.4, 0.5) is 40.1 Å². The van der Waals surface area contributed by atoms with Gasteiger partial charge in [0.25, 0.3) is 0 Å². The molecule has 0 bridgehead atoms. The second kappa shape index (κ2) is 14.7. The number of hydrogen-bond donors (Lipinski definition) is 0. The van der Waals surface area contributed by atoms with Crippen LogP contribution in [0, 0.1) is 0 Å². The van der Waals surface area contributed by atoms with Gasteiger partial charge in [0, 0.05) is 0 Å². The van der Waals surface area contributed by atoms with Crippen molar-refractivity contribution < 1.29 is 4.74 Å². The molecular formula is C51H41N5OSe. The molecule has 282 valence electrons. The Balaban J connectivity index is 0.983. The van der Waals surface area contributed by atoms with Crippen LogP contribution >= 0.6 is 0 Å². The van der Waals surface area contributed by atoms with Crippen molar-refractivity contribution in [2.75, 3.05) is 21.4 Å². The van der Waals surface area contributed by atoms with Crippen LogP contribution < -0.4 is 28.4 Å². The van der Waals surface area contributed by atoms with E-state index in [1.54, 1.807) is 0 Å². The third kappa shape index (κ3) is 6.79. The van der Waals surface area contributed by atoms with E-state index in [4.69, 9.17) is 14.7 Å². The van der Waals surface area contributed by atoms with Crippen molar-refractivity contribution in [2.45, 2.75) is 26.2 Å². The van der Waals surface area contributed by atoms with Gasteiger partial charge >= 0.3 is 241 Å². The van der Waals surface area contributed by atoms with Gasteiger partial charge in [-0.25, -0.2) is 0 Å². The number of aromatic nitrogens is 2. The molecule has 0 fully saturated rings. The Hall–Kier alpha value is -6.66. The maximum absolute atomic E-state index is 6.72. The van der Waals surface area contributed by atoms with Crippen molar-refractivity contribution in [2.24, 2.45) is 0 Å². The first kappa shape index (κ1) is 35.7. The van der Waals surface area contributed by atoms with Crippen LogP contribution in [0.25, 0.3) is 22.3 Å². The van der Waals surface area contributed by atoms with Gasteiger partial charge in [0.2, 0.25) is 0 Å². The molecule has 58 heavy (non-hydrogen) atoms. The van der Waals surface area contributed by atoms with E-state index in [1.165, 1.54) is 36.7 Å². The fourth-order valence-corrected chi connectivity index (χ4v) is 9.91. The van der Waals surface area contributed by atoms with E-state index in [9.17, 15) is 0 Å². The summed E-state index contributed by atoms with van der Waals surface area (Å²) in [5.74, 6) is 3.31. The molecule has 2 aromatic heterocycles. The number of pyridine rings is 2. The summed E-state index contributed by atoms with van der Waals surface area (Å²) in [5, 5.41) is 0. The number of para-hydroxylation sites is 2. The molecular weight excluding hydrogens is 778 g/mol. The number of nitrogens with zero attached hydrogens (tertiary/aromatic N) is 5. The average Bonchev–Trinajstić information content (AvgIpc) is 3.66. The standard InChI is InChI=1S/C51H41N5OSe/c1-51(2,3)39-25-27-52-49(31-39)56-46-33-43(23-24-47(46)58-48-22-13-26-53-50(48)56)57-42-19-12-18-40(32-42)54-34-55(45-21-11-10-20-44(45)54)41-29-37(35-14-6-4-7-15-35)28-38(30-41)36-16-8-5-9-17-36/h4-33H,34H2,1-3H3. The summed E-state index contributed by atoms with van der Waals surface area (Å²) in [6, 6.07) is 60.2. The average molecular weight is 819 g/mol. The van der Waals surface area contributed by atoms with Gasteiger partial charge in [0.05, 0.1) is 0 Å². The summed E-state index contributed by atoms with van der Waals surface area (Å²) < 4.78 is 9.22. The van der Waals surface area contributed by atoms with E-state index in [0.717, 1.165) is 51.6 Å². The van der Waals surface area contributed by atoms with E-state index >= 15 is 0 Å². The van der Waals surface area contributed by atoms with Gasteiger partial charge in [-0.2, -0.15) is 0 Å². The molecule has 7 heteroatoms. The Morgan fingerprint density at radius 3 is 1.88 bits per heavy atom. The fraction of sp³-hybridized carbons (Fsp3) is 0.0980. The molecule has 0 saturated heterocycles. The van der Waals surface area contributed by atoms with Crippen LogP contribution in [-0.4, -0.2) is 31.6 Å². The molecule has 0 unspecified atom stereocenters. The van der Waals surface area contributed by atoms with Crippen molar-refractivity contribution in [3.8, 4) is 33.8 Å². The van der Waals surface area contributed by atoms with Crippen molar-refractivity contribution in [1.82, 2.24) is 9.97 Å². The molecule has 0 N–H and O–H groups in total. The Morgan fingerprint density at radius 1 is 0.500 bits per heavy atom. The predicted molar refractivity (Wildman–Crippen MR) is 240 cm³/mol. The maximum atomic E-state index is 6.72. The third-order valence-electron chi connectivity index (χ3n) is 10.7. The molecule has 2 aliphatic rings. The molecule has 2 aliphatic heterocycles. The minimum atomic E-state index is -0.0205. The summed E-state index contributed by atoms with van der Waals surface area (Å²) in [6.07, 6.45) is 3.77. The number of ether oxygens (including phenoxy) is 1. The molecule has 8 aromatic rings. The summed E-state index contributed by atoms with van der Waals surface area (Å²) in [7, 11) is 0. The SMILES string of the molecule is CC(C)(C)c1ccnc(N2c3cc(Oc4cccc(N5CN(c6cc(-c7ccccc7)cc(-c7ccccc7)c6)c6ccccc65)c4)ccc3[Se]c3cccnc32)c1. The molecule has 0 saturated carbocycles. The zero-order valence-electron chi connectivity index (χ0n) is 32.6. The van der Waals surface area contributed by atoms with Gasteiger partial charge in [-0.1, -0.05) is 66.7 Å². The molecule has 10 rings (SSSR count). The van der Waals surface area contributed by atoms with Crippen LogP contribution in [0.3, 0.4) is 0 Å². The summed E-state index contributed by atoms with van der Waals surface area (Å²) in [5.41, 5.74) is 11.5. The molecule has 0 atom stereocenters. The first-order valence-corrected chi connectivity index (χ1v) is 21.3. The second-order valence-electron chi connectivity index (χ2n) is 15.6. The third-order valence-corrected chi connectivity index (χ3v) is 13.1. The van der Waals surface area contributed by atoms with E-state index in [0.29, 0.717) is 6.67 Å². The Kier molecular flexibility index (Phi) is 9.05. The molecule has 0 spiro atoms. The molecule has 0 aliphatic carbocycles. The molecule has 0 radical (unpaired) electrons.